The molecule has 1 fully saturated rings. The summed E-state index contributed by atoms with van der Waals surface area (Å²) in [7, 11) is 0. The second kappa shape index (κ2) is 5.58. The van der Waals surface area contributed by atoms with Gasteiger partial charge < -0.3 is 4.52 Å². The van der Waals surface area contributed by atoms with Gasteiger partial charge in [-0.1, -0.05) is 39.8 Å². The third-order valence-corrected chi connectivity index (χ3v) is 3.74. The maximum Gasteiger partial charge on any atom is 0.236 e. The summed E-state index contributed by atoms with van der Waals surface area (Å²) in [5.41, 5.74) is -0.601. The minimum absolute atomic E-state index is 0.0988. The number of nitrogens with zero attached hydrogens (tertiary/aromatic N) is 3. The fraction of sp³-hybridized carbons (Fsp3) is 0.733. The van der Waals surface area contributed by atoms with E-state index in [1.165, 1.54) is 4.90 Å². The number of carbonyl (C=O) groups is 2. The predicted octanol–water partition coefficient (Wildman–Crippen LogP) is 2.50. The SMILES string of the molecule is CC(C)C[C@]1(C)CC(=O)N(Cc2noc(C(C)C)n2)C1=O. The Hall–Kier alpha value is -1.72. The Morgan fingerprint density at radius 1 is 1.29 bits per heavy atom. The molecule has 0 saturated carbocycles. The van der Waals surface area contributed by atoms with Crippen LogP contribution in [0.2, 0.25) is 0 Å². The standard InChI is InChI=1S/C15H23N3O3/c1-9(2)6-15(5)7-12(19)18(14(15)20)8-11-16-13(10(3)4)21-17-11/h9-10H,6-8H2,1-5H3/t15-/m1/s1. The summed E-state index contributed by atoms with van der Waals surface area (Å²) in [6, 6.07) is 0. The van der Waals surface area contributed by atoms with Crippen LogP contribution in [0.25, 0.3) is 0 Å². The zero-order chi connectivity index (χ0) is 15.8. The molecule has 0 bridgehead atoms. The van der Waals surface area contributed by atoms with Gasteiger partial charge in [-0.15, -0.1) is 0 Å². The molecule has 0 aromatic carbocycles. The van der Waals surface area contributed by atoms with Gasteiger partial charge in [0.15, 0.2) is 5.82 Å². The molecule has 1 aliphatic heterocycles. The van der Waals surface area contributed by atoms with Crippen molar-refractivity contribution >= 4 is 11.8 Å². The van der Waals surface area contributed by atoms with Crippen molar-refractivity contribution in [3.05, 3.63) is 11.7 Å². The first kappa shape index (κ1) is 15.7. The molecular weight excluding hydrogens is 270 g/mol. The molecule has 0 radical (unpaired) electrons. The van der Waals surface area contributed by atoms with Crippen LogP contribution in [0.1, 0.15) is 65.1 Å². The summed E-state index contributed by atoms with van der Waals surface area (Å²) in [4.78, 5) is 30.2. The van der Waals surface area contributed by atoms with Crippen LogP contribution in [0.3, 0.4) is 0 Å². The minimum Gasteiger partial charge on any atom is -0.339 e. The van der Waals surface area contributed by atoms with Crippen LogP contribution in [0.5, 0.6) is 0 Å². The van der Waals surface area contributed by atoms with Gasteiger partial charge in [-0.2, -0.15) is 4.98 Å². The zero-order valence-corrected chi connectivity index (χ0v) is 13.3. The van der Waals surface area contributed by atoms with E-state index in [9.17, 15) is 9.59 Å². The fourth-order valence-electron chi connectivity index (χ4n) is 2.87. The van der Waals surface area contributed by atoms with Crippen molar-refractivity contribution in [3.8, 4) is 0 Å². The molecule has 0 spiro atoms. The molecule has 1 aromatic heterocycles. The van der Waals surface area contributed by atoms with E-state index >= 15 is 0 Å². The lowest BCUT2D eigenvalue weighted by Crippen LogP contribution is -2.34. The third kappa shape index (κ3) is 3.14. The molecule has 1 aromatic rings. The zero-order valence-electron chi connectivity index (χ0n) is 13.3. The summed E-state index contributed by atoms with van der Waals surface area (Å²) in [5, 5.41) is 3.85. The quantitative estimate of drug-likeness (QED) is 0.780. The first-order chi connectivity index (χ1) is 9.73. The van der Waals surface area contributed by atoms with E-state index in [2.05, 4.69) is 24.0 Å². The van der Waals surface area contributed by atoms with Gasteiger partial charge in [0.1, 0.15) is 0 Å². The van der Waals surface area contributed by atoms with Gasteiger partial charge in [0.2, 0.25) is 17.7 Å². The Labute approximate surface area is 124 Å². The first-order valence-electron chi connectivity index (χ1n) is 7.40. The Balaban J connectivity index is 2.13. The number of likely N-dealkylation sites (tertiary alicyclic amines) is 1. The molecular formula is C15H23N3O3. The largest absolute Gasteiger partial charge is 0.339 e. The maximum absolute atomic E-state index is 12.5. The molecule has 2 rings (SSSR count). The van der Waals surface area contributed by atoms with Crippen LogP contribution in [-0.4, -0.2) is 26.9 Å². The third-order valence-electron chi connectivity index (χ3n) is 3.74. The van der Waals surface area contributed by atoms with E-state index in [1.807, 2.05) is 20.8 Å². The second-order valence-electron chi connectivity index (χ2n) is 6.82. The number of hydrogen-bond acceptors (Lipinski definition) is 5. The molecule has 0 aliphatic carbocycles. The van der Waals surface area contributed by atoms with E-state index < -0.39 is 5.41 Å². The maximum atomic E-state index is 12.5. The monoisotopic (exact) mass is 293 g/mol. The van der Waals surface area contributed by atoms with Gasteiger partial charge in [-0.25, -0.2) is 0 Å². The lowest BCUT2D eigenvalue weighted by atomic mass is 9.80. The van der Waals surface area contributed by atoms with Crippen molar-refractivity contribution in [3.63, 3.8) is 0 Å². The molecule has 0 unspecified atom stereocenters. The van der Waals surface area contributed by atoms with Gasteiger partial charge in [0, 0.05) is 12.3 Å². The predicted molar refractivity (Wildman–Crippen MR) is 76.1 cm³/mol. The van der Waals surface area contributed by atoms with Gasteiger partial charge in [0.25, 0.3) is 0 Å². The first-order valence-corrected chi connectivity index (χ1v) is 7.40. The van der Waals surface area contributed by atoms with Crippen LogP contribution in [-0.2, 0) is 16.1 Å². The highest BCUT2D eigenvalue weighted by Gasteiger charge is 2.48. The molecule has 1 atom stereocenters. The summed E-state index contributed by atoms with van der Waals surface area (Å²) in [5.74, 6) is 1.12. The van der Waals surface area contributed by atoms with Crippen LogP contribution in [0.4, 0.5) is 0 Å². The summed E-state index contributed by atoms with van der Waals surface area (Å²) in [6.07, 6.45) is 0.969. The Kier molecular flexibility index (Phi) is 4.16. The number of rotatable bonds is 5. The fourth-order valence-corrected chi connectivity index (χ4v) is 2.87. The molecule has 2 amide bonds. The molecule has 6 nitrogen and oxygen atoms in total. The van der Waals surface area contributed by atoms with E-state index in [0.717, 1.165) is 0 Å². The number of carbonyl (C=O) groups excluding carboxylic acids is 2. The number of amides is 2. The molecule has 1 aliphatic rings. The molecule has 1 saturated heterocycles. The van der Waals surface area contributed by atoms with Crippen molar-refractivity contribution < 1.29 is 14.1 Å². The molecule has 116 valence electrons. The normalized spacial score (nSPS) is 22.9. The minimum atomic E-state index is -0.601. The molecule has 0 N–H and O–H groups in total. The van der Waals surface area contributed by atoms with Crippen LogP contribution in [0.15, 0.2) is 4.52 Å². The number of hydrogen-bond donors (Lipinski definition) is 0. The van der Waals surface area contributed by atoms with Crippen LogP contribution < -0.4 is 0 Å². The topological polar surface area (TPSA) is 76.3 Å². The molecule has 21 heavy (non-hydrogen) atoms. The number of aromatic nitrogens is 2. The van der Waals surface area contributed by atoms with Gasteiger partial charge in [-0.3, -0.25) is 14.5 Å². The van der Waals surface area contributed by atoms with Crippen molar-refractivity contribution in [2.45, 2.75) is 59.9 Å². The summed E-state index contributed by atoms with van der Waals surface area (Å²) < 4.78 is 5.11. The van der Waals surface area contributed by atoms with E-state index in [0.29, 0.717) is 24.1 Å². The van der Waals surface area contributed by atoms with Gasteiger partial charge in [0.05, 0.1) is 12.0 Å². The van der Waals surface area contributed by atoms with Crippen molar-refractivity contribution in [1.29, 1.82) is 0 Å². The Morgan fingerprint density at radius 3 is 2.48 bits per heavy atom. The van der Waals surface area contributed by atoms with Crippen molar-refractivity contribution in [2.75, 3.05) is 0 Å². The highest BCUT2D eigenvalue weighted by atomic mass is 16.5. The number of imide groups is 1. The Bertz CT molecular complexity index is 550. The van der Waals surface area contributed by atoms with Crippen LogP contribution >= 0.6 is 0 Å². The molecule has 6 heteroatoms. The summed E-state index contributed by atoms with van der Waals surface area (Å²) in [6.45, 7) is 9.97. The highest BCUT2D eigenvalue weighted by Crippen LogP contribution is 2.38. The Morgan fingerprint density at radius 2 is 1.95 bits per heavy atom. The van der Waals surface area contributed by atoms with Crippen molar-refractivity contribution in [2.24, 2.45) is 11.3 Å². The summed E-state index contributed by atoms with van der Waals surface area (Å²) >= 11 is 0. The van der Waals surface area contributed by atoms with Gasteiger partial charge >= 0.3 is 0 Å². The second-order valence-corrected chi connectivity index (χ2v) is 6.82. The van der Waals surface area contributed by atoms with Crippen molar-refractivity contribution in [1.82, 2.24) is 15.0 Å². The van der Waals surface area contributed by atoms with E-state index in [-0.39, 0.29) is 30.7 Å². The average Bonchev–Trinajstić information content (AvgIpc) is 2.88. The average molecular weight is 293 g/mol. The highest BCUT2D eigenvalue weighted by molar-refractivity contribution is 6.05. The molecule has 2 heterocycles. The smallest absolute Gasteiger partial charge is 0.236 e. The lowest BCUT2D eigenvalue weighted by Gasteiger charge is -2.23. The van der Waals surface area contributed by atoms with Crippen LogP contribution in [0, 0.1) is 11.3 Å². The van der Waals surface area contributed by atoms with Gasteiger partial charge in [-0.05, 0) is 12.3 Å². The van der Waals surface area contributed by atoms with E-state index in [1.54, 1.807) is 0 Å². The lowest BCUT2D eigenvalue weighted by molar-refractivity contribution is -0.142. The van der Waals surface area contributed by atoms with E-state index in [4.69, 9.17) is 4.52 Å².